The van der Waals surface area contributed by atoms with Gasteiger partial charge >= 0.3 is 0 Å². The van der Waals surface area contributed by atoms with E-state index in [2.05, 4.69) is 21.2 Å². The Bertz CT molecular complexity index is 557. The molecule has 0 fully saturated rings. The van der Waals surface area contributed by atoms with Crippen LogP contribution >= 0.6 is 15.9 Å². The second kappa shape index (κ2) is 5.78. The van der Waals surface area contributed by atoms with Crippen molar-refractivity contribution in [2.45, 2.75) is 6.54 Å². The molecular formula is C14H11BrFNO. The van der Waals surface area contributed by atoms with E-state index in [1.807, 2.05) is 30.3 Å². The van der Waals surface area contributed by atoms with E-state index in [-0.39, 0.29) is 11.7 Å². The Morgan fingerprint density at radius 3 is 2.56 bits per heavy atom. The van der Waals surface area contributed by atoms with Gasteiger partial charge in [0.2, 0.25) is 0 Å². The van der Waals surface area contributed by atoms with E-state index in [0.29, 0.717) is 16.6 Å². The third kappa shape index (κ3) is 3.17. The Labute approximate surface area is 113 Å². The first-order valence-electron chi connectivity index (χ1n) is 5.44. The zero-order valence-corrected chi connectivity index (χ0v) is 11.1. The largest absolute Gasteiger partial charge is 0.348 e. The Kier molecular flexibility index (Phi) is 4.10. The molecule has 2 nitrogen and oxygen atoms in total. The van der Waals surface area contributed by atoms with Crippen molar-refractivity contribution in [2.75, 3.05) is 0 Å². The van der Waals surface area contributed by atoms with Crippen LogP contribution in [0.25, 0.3) is 0 Å². The predicted octanol–water partition coefficient (Wildman–Crippen LogP) is 3.52. The number of carbonyl (C=O) groups is 1. The minimum absolute atomic E-state index is 0.231. The number of benzene rings is 2. The lowest BCUT2D eigenvalue weighted by molar-refractivity contribution is 0.0950. The maximum absolute atomic E-state index is 12.9. The lowest BCUT2D eigenvalue weighted by atomic mass is 10.2. The molecule has 18 heavy (non-hydrogen) atoms. The van der Waals surface area contributed by atoms with Gasteiger partial charge in [-0.05, 0) is 39.7 Å². The van der Waals surface area contributed by atoms with Gasteiger partial charge in [-0.3, -0.25) is 4.79 Å². The van der Waals surface area contributed by atoms with E-state index in [1.54, 1.807) is 0 Å². The summed E-state index contributed by atoms with van der Waals surface area (Å²) in [5, 5.41) is 2.78. The number of rotatable bonds is 3. The molecule has 0 saturated carbocycles. The van der Waals surface area contributed by atoms with E-state index < -0.39 is 0 Å². The Morgan fingerprint density at radius 2 is 1.89 bits per heavy atom. The number of nitrogens with one attached hydrogen (secondary N) is 1. The summed E-state index contributed by atoms with van der Waals surface area (Å²) in [6, 6.07) is 13.6. The molecule has 92 valence electrons. The van der Waals surface area contributed by atoms with Crippen LogP contribution < -0.4 is 5.32 Å². The molecule has 0 aliphatic carbocycles. The topological polar surface area (TPSA) is 29.1 Å². The van der Waals surface area contributed by atoms with Crippen molar-refractivity contribution < 1.29 is 9.18 Å². The predicted molar refractivity (Wildman–Crippen MR) is 71.7 cm³/mol. The highest BCUT2D eigenvalue weighted by Gasteiger charge is 2.10. The summed E-state index contributed by atoms with van der Waals surface area (Å²) >= 11 is 3.17. The fraction of sp³-hybridized carbons (Fsp3) is 0.0714. The van der Waals surface area contributed by atoms with E-state index in [0.717, 1.165) is 5.56 Å². The van der Waals surface area contributed by atoms with Gasteiger partial charge in [0.05, 0.1) is 5.56 Å². The van der Waals surface area contributed by atoms with Crippen molar-refractivity contribution in [3.8, 4) is 0 Å². The van der Waals surface area contributed by atoms with Gasteiger partial charge in [0, 0.05) is 11.0 Å². The fourth-order valence-electron chi connectivity index (χ4n) is 1.55. The van der Waals surface area contributed by atoms with Gasteiger partial charge in [-0.2, -0.15) is 0 Å². The summed E-state index contributed by atoms with van der Waals surface area (Å²) in [7, 11) is 0. The van der Waals surface area contributed by atoms with Crippen LogP contribution in [0.5, 0.6) is 0 Å². The molecular weight excluding hydrogens is 297 g/mol. The van der Waals surface area contributed by atoms with Gasteiger partial charge in [-0.25, -0.2) is 4.39 Å². The smallest absolute Gasteiger partial charge is 0.252 e. The third-order valence-corrected chi connectivity index (χ3v) is 3.13. The van der Waals surface area contributed by atoms with E-state index in [1.165, 1.54) is 18.2 Å². The zero-order chi connectivity index (χ0) is 13.0. The first-order chi connectivity index (χ1) is 8.66. The highest BCUT2D eigenvalue weighted by Crippen LogP contribution is 2.17. The Morgan fingerprint density at radius 1 is 1.17 bits per heavy atom. The van der Waals surface area contributed by atoms with Crippen LogP contribution in [-0.4, -0.2) is 5.91 Å². The zero-order valence-electron chi connectivity index (χ0n) is 9.49. The minimum Gasteiger partial charge on any atom is -0.348 e. The minimum atomic E-state index is -0.374. The summed E-state index contributed by atoms with van der Waals surface area (Å²) in [4.78, 5) is 11.9. The van der Waals surface area contributed by atoms with Crippen LogP contribution in [-0.2, 0) is 6.54 Å². The molecule has 4 heteroatoms. The van der Waals surface area contributed by atoms with Crippen LogP contribution in [0.15, 0.2) is 53.0 Å². The molecule has 0 heterocycles. The molecule has 0 spiro atoms. The second-order valence-electron chi connectivity index (χ2n) is 3.79. The summed E-state index contributed by atoms with van der Waals surface area (Å²) in [6.45, 7) is 0.448. The van der Waals surface area contributed by atoms with Crippen molar-refractivity contribution in [3.63, 3.8) is 0 Å². The second-order valence-corrected chi connectivity index (χ2v) is 4.65. The van der Waals surface area contributed by atoms with Gasteiger partial charge in [0.1, 0.15) is 5.82 Å². The molecule has 0 unspecified atom stereocenters. The van der Waals surface area contributed by atoms with Crippen molar-refractivity contribution in [3.05, 3.63) is 69.9 Å². The fourth-order valence-corrected chi connectivity index (χ4v) is 2.08. The van der Waals surface area contributed by atoms with Crippen molar-refractivity contribution in [1.82, 2.24) is 5.32 Å². The number of carbonyl (C=O) groups excluding carboxylic acids is 1. The van der Waals surface area contributed by atoms with Gasteiger partial charge < -0.3 is 5.32 Å². The molecule has 2 aromatic rings. The lowest BCUT2D eigenvalue weighted by Crippen LogP contribution is -2.23. The molecule has 1 N–H and O–H groups in total. The van der Waals surface area contributed by atoms with Crippen LogP contribution in [0, 0.1) is 5.82 Å². The summed E-state index contributed by atoms with van der Waals surface area (Å²) in [5.74, 6) is -0.604. The maximum atomic E-state index is 12.9. The highest BCUT2D eigenvalue weighted by atomic mass is 79.9. The van der Waals surface area contributed by atoms with Gasteiger partial charge in [0.25, 0.3) is 5.91 Å². The van der Waals surface area contributed by atoms with E-state index in [9.17, 15) is 9.18 Å². The molecule has 2 rings (SSSR count). The molecule has 0 aliphatic heterocycles. The monoisotopic (exact) mass is 307 g/mol. The lowest BCUT2D eigenvalue weighted by Gasteiger charge is -2.07. The SMILES string of the molecule is O=C(NCc1ccccc1)c1ccc(F)cc1Br. The number of hydrogen-bond acceptors (Lipinski definition) is 1. The third-order valence-electron chi connectivity index (χ3n) is 2.47. The number of halogens is 2. The maximum Gasteiger partial charge on any atom is 0.252 e. The summed E-state index contributed by atoms with van der Waals surface area (Å²) in [5.41, 5.74) is 1.44. The average molecular weight is 308 g/mol. The van der Waals surface area contributed by atoms with Gasteiger partial charge in [-0.15, -0.1) is 0 Å². The Hall–Kier alpha value is -1.68. The van der Waals surface area contributed by atoms with Crippen molar-refractivity contribution in [2.24, 2.45) is 0 Å². The summed E-state index contributed by atoms with van der Waals surface area (Å²) in [6.07, 6.45) is 0. The van der Waals surface area contributed by atoms with E-state index >= 15 is 0 Å². The molecule has 0 saturated heterocycles. The normalized spacial score (nSPS) is 10.1. The first kappa shape index (κ1) is 12.8. The molecule has 0 aromatic heterocycles. The molecule has 0 bridgehead atoms. The van der Waals surface area contributed by atoms with Crippen molar-refractivity contribution in [1.29, 1.82) is 0 Å². The average Bonchev–Trinajstić information content (AvgIpc) is 2.37. The van der Waals surface area contributed by atoms with Gasteiger partial charge in [0.15, 0.2) is 0 Å². The first-order valence-corrected chi connectivity index (χ1v) is 6.23. The van der Waals surface area contributed by atoms with Crippen molar-refractivity contribution >= 4 is 21.8 Å². The van der Waals surface area contributed by atoms with Crippen LogP contribution in [0.3, 0.4) is 0 Å². The quantitative estimate of drug-likeness (QED) is 0.923. The molecule has 0 atom stereocenters. The number of amides is 1. The molecule has 1 amide bonds. The molecule has 2 aromatic carbocycles. The van der Waals surface area contributed by atoms with Crippen LogP contribution in [0.4, 0.5) is 4.39 Å². The molecule has 0 aliphatic rings. The number of hydrogen-bond donors (Lipinski definition) is 1. The van der Waals surface area contributed by atoms with Crippen LogP contribution in [0.2, 0.25) is 0 Å². The Balaban J connectivity index is 2.04. The van der Waals surface area contributed by atoms with Gasteiger partial charge in [-0.1, -0.05) is 30.3 Å². The summed E-state index contributed by atoms with van der Waals surface area (Å²) < 4.78 is 13.4. The van der Waals surface area contributed by atoms with Crippen LogP contribution in [0.1, 0.15) is 15.9 Å². The standard InChI is InChI=1S/C14H11BrFNO/c15-13-8-11(16)6-7-12(13)14(18)17-9-10-4-2-1-3-5-10/h1-8H,9H2,(H,17,18). The molecule has 0 radical (unpaired) electrons. The van der Waals surface area contributed by atoms with E-state index in [4.69, 9.17) is 0 Å². The highest BCUT2D eigenvalue weighted by molar-refractivity contribution is 9.10.